The summed E-state index contributed by atoms with van der Waals surface area (Å²) in [6.07, 6.45) is 6.57. The van der Waals surface area contributed by atoms with E-state index in [-0.39, 0.29) is 29.9 Å². The van der Waals surface area contributed by atoms with E-state index >= 15 is 0 Å². The fourth-order valence-corrected chi connectivity index (χ4v) is 3.46. The lowest BCUT2D eigenvalue weighted by Gasteiger charge is -2.38. The minimum atomic E-state index is -0.834. The van der Waals surface area contributed by atoms with E-state index < -0.39 is 17.3 Å². The number of piperidine rings is 1. The van der Waals surface area contributed by atoms with Crippen molar-refractivity contribution >= 4 is 35.0 Å². The Morgan fingerprint density at radius 2 is 1.64 bits per heavy atom. The zero-order valence-electron chi connectivity index (χ0n) is 17.6. The highest BCUT2D eigenvalue weighted by Crippen LogP contribution is 2.22. The summed E-state index contributed by atoms with van der Waals surface area (Å²) >= 11 is 11.4. The largest absolute Gasteiger partial charge is 0.484 e. The predicted molar refractivity (Wildman–Crippen MR) is 123 cm³/mol. The number of amides is 2. The number of terminal acetylenes is 1. The van der Waals surface area contributed by atoms with Crippen LogP contribution in [0.2, 0.25) is 10.0 Å². The lowest BCUT2D eigenvalue weighted by Crippen LogP contribution is -2.58. The van der Waals surface area contributed by atoms with E-state index in [4.69, 9.17) is 39.1 Å². The van der Waals surface area contributed by atoms with Crippen molar-refractivity contribution in [3.8, 4) is 23.8 Å². The van der Waals surface area contributed by atoms with E-state index in [0.29, 0.717) is 36.7 Å². The Bertz CT molecular complexity index is 1030. The van der Waals surface area contributed by atoms with Crippen molar-refractivity contribution in [2.75, 3.05) is 26.3 Å². The summed E-state index contributed by atoms with van der Waals surface area (Å²) in [6.45, 7) is 0.360. The minimum absolute atomic E-state index is 0.0271. The fourth-order valence-electron chi connectivity index (χ4n) is 3.21. The number of benzene rings is 2. The molecule has 2 aromatic rings. The lowest BCUT2D eigenvalue weighted by atomic mass is 9.89. The Morgan fingerprint density at radius 1 is 1.03 bits per heavy atom. The van der Waals surface area contributed by atoms with Gasteiger partial charge in [-0.3, -0.25) is 15.0 Å². The van der Waals surface area contributed by atoms with E-state index in [0.717, 1.165) is 6.07 Å². The smallest absolute Gasteiger partial charge is 0.272 e. The Morgan fingerprint density at radius 3 is 2.27 bits per heavy atom. The second-order valence-electron chi connectivity index (χ2n) is 7.40. The van der Waals surface area contributed by atoms with Gasteiger partial charge in [-0.2, -0.15) is 0 Å². The average Bonchev–Trinajstić information content (AvgIpc) is 2.81. The molecule has 0 spiro atoms. The summed E-state index contributed by atoms with van der Waals surface area (Å²) in [7, 11) is 0. The number of nitrogens with one attached hydrogen (secondary N) is 2. The quantitative estimate of drug-likeness (QED) is 0.552. The molecule has 1 heterocycles. The molecule has 0 unspecified atom stereocenters. The van der Waals surface area contributed by atoms with Crippen molar-refractivity contribution in [2.24, 2.45) is 0 Å². The van der Waals surface area contributed by atoms with Crippen molar-refractivity contribution in [1.29, 1.82) is 0 Å². The van der Waals surface area contributed by atoms with Crippen LogP contribution in [-0.2, 0) is 9.59 Å². The summed E-state index contributed by atoms with van der Waals surface area (Å²) in [6, 6.07) is 10.6. The van der Waals surface area contributed by atoms with Crippen LogP contribution in [0.15, 0.2) is 42.5 Å². The maximum Gasteiger partial charge on any atom is 0.272 e. The molecule has 0 radical (unpaired) electrons. The highest BCUT2D eigenvalue weighted by Gasteiger charge is 2.34. The highest BCUT2D eigenvalue weighted by molar-refractivity contribution is 6.30. The standard InChI is InChI=1S/C23H22Cl2FN3O4/c1-2-23(27-21(30)14-32-17-5-3-16(24)4-6-17)9-11-29(12-10-23)28-22(31)15-33-18-7-8-19(25)20(26)13-18/h1,3-8,13H,9-12,14-15H2,(H,27,30)(H,28,31). The van der Waals surface area contributed by atoms with Crippen LogP contribution in [0, 0.1) is 18.2 Å². The minimum Gasteiger partial charge on any atom is -0.484 e. The molecule has 1 fully saturated rings. The van der Waals surface area contributed by atoms with E-state index in [2.05, 4.69) is 16.7 Å². The van der Waals surface area contributed by atoms with Gasteiger partial charge in [0.05, 0.1) is 5.02 Å². The Kier molecular flexibility index (Phi) is 8.39. The molecule has 0 saturated carbocycles. The first-order valence-corrected chi connectivity index (χ1v) is 10.8. The van der Waals surface area contributed by atoms with Crippen molar-refractivity contribution in [1.82, 2.24) is 15.8 Å². The predicted octanol–water partition coefficient (Wildman–Crippen LogP) is 3.21. The van der Waals surface area contributed by atoms with Crippen LogP contribution in [-0.4, -0.2) is 48.7 Å². The molecule has 0 aromatic heterocycles. The number of nitrogens with zero attached hydrogens (tertiary/aromatic N) is 1. The van der Waals surface area contributed by atoms with Gasteiger partial charge in [0.25, 0.3) is 11.8 Å². The molecule has 0 atom stereocenters. The molecule has 7 nitrogen and oxygen atoms in total. The van der Waals surface area contributed by atoms with Crippen LogP contribution < -0.4 is 20.2 Å². The number of carbonyl (C=O) groups is 2. The van der Waals surface area contributed by atoms with Gasteiger partial charge in [-0.25, -0.2) is 9.40 Å². The molecule has 2 N–H and O–H groups in total. The van der Waals surface area contributed by atoms with Gasteiger partial charge in [0, 0.05) is 24.2 Å². The van der Waals surface area contributed by atoms with Crippen molar-refractivity contribution in [3.05, 3.63) is 58.3 Å². The third-order valence-electron chi connectivity index (χ3n) is 5.00. The lowest BCUT2D eigenvalue weighted by molar-refractivity contribution is -0.130. The molecule has 1 aliphatic rings. The van der Waals surface area contributed by atoms with Crippen LogP contribution in [0.4, 0.5) is 4.39 Å². The summed E-state index contributed by atoms with van der Waals surface area (Å²) < 4.78 is 24.2. The van der Waals surface area contributed by atoms with Gasteiger partial charge < -0.3 is 14.8 Å². The maximum atomic E-state index is 13.4. The van der Waals surface area contributed by atoms with Gasteiger partial charge in [0.2, 0.25) is 0 Å². The number of ether oxygens (including phenoxy) is 2. The van der Waals surface area contributed by atoms with Crippen molar-refractivity contribution < 1.29 is 23.5 Å². The highest BCUT2D eigenvalue weighted by atomic mass is 35.5. The van der Waals surface area contributed by atoms with E-state index in [1.54, 1.807) is 29.3 Å². The van der Waals surface area contributed by atoms with Crippen molar-refractivity contribution in [3.63, 3.8) is 0 Å². The molecular formula is C23H22Cl2FN3O4. The average molecular weight is 494 g/mol. The molecule has 0 aliphatic carbocycles. The summed E-state index contributed by atoms with van der Waals surface area (Å²) in [5, 5.41) is 5.10. The SMILES string of the molecule is C#CC1(NC(=O)COc2ccc(Cl)cc2)CCN(NC(=O)COc2ccc(Cl)c(F)c2)CC1. The topological polar surface area (TPSA) is 79.9 Å². The van der Waals surface area contributed by atoms with Gasteiger partial charge in [-0.15, -0.1) is 6.42 Å². The molecule has 2 aromatic carbocycles. The Hall–Kier alpha value is -2.99. The molecule has 2 amide bonds. The molecule has 1 saturated heterocycles. The van der Waals surface area contributed by atoms with Crippen LogP contribution in [0.1, 0.15) is 12.8 Å². The molecular weight excluding hydrogens is 472 g/mol. The van der Waals surface area contributed by atoms with Crippen LogP contribution >= 0.6 is 23.2 Å². The van der Waals surface area contributed by atoms with Crippen LogP contribution in [0.25, 0.3) is 0 Å². The zero-order valence-corrected chi connectivity index (χ0v) is 19.1. The van der Waals surface area contributed by atoms with Crippen LogP contribution in [0.3, 0.4) is 0 Å². The molecule has 10 heteroatoms. The molecule has 1 aliphatic heterocycles. The third-order valence-corrected chi connectivity index (χ3v) is 5.56. The van der Waals surface area contributed by atoms with Gasteiger partial charge in [0.1, 0.15) is 22.9 Å². The number of hydrogen-bond donors (Lipinski definition) is 2. The van der Waals surface area contributed by atoms with Crippen molar-refractivity contribution in [2.45, 2.75) is 18.4 Å². The molecule has 174 valence electrons. The number of carbonyl (C=O) groups excluding carboxylic acids is 2. The number of hydrazine groups is 1. The van der Waals surface area contributed by atoms with Gasteiger partial charge >= 0.3 is 0 Å². The zero-order chi connectivity index (χ0) is 23.8. The first-order valence-electron chi connectivity index (χ1n) is 10.1. The van der Waals surface area contributed by atoms with E-state index in [1.807, 2.05) is 0 Å². The molecule has 33 heavy (non-hydrogen) atoms. The van der Waals surface area contributed by atoms with Crippen LogP contribution in [0.5, 0.6) is 11.5 Å². The first-order chi connectivity index (χ1) is 15.8. The monoisotopic (exact) mass is 493 g/mol. The number of hydrogen-bond acceptors (Lipinski definition) is 5. The Balaban J connectivity index is 1.42. The third kappa shape index (κ3) is 7.26. The number of halogens is 3. The fraction of sp³-hybridized carbons (Fsp3) is 0.304. The van der Waals surface area contributed by atoms with Gasteiger partial charge in [-0.05, 0) is 49.2 Å². The Labute approximate surface area is 201 Å². The van der Waals surface area contributed by atoms with Gasteiger partial charge in [0.15, 0.2) is 13.2 Å². The van der Waals surface area contributed by atoms with Gasteiger partial charge in [-0.1, -0.05) is 29.1 Å². The number of rotatable bonds is 8. The summed E-state index contributed by atoms with van der Waals surface area (Å²) in [5.41, 5.74) is 1.88. The molecule has 3 rings (SSSR count). The van der Waals surface area contributed by atoms with E-state index in [9.17, 15) is 14.0 Å². The maximum absolute atomic E-state index is 13.4. The first kappa shape index (κ1) is 24.6. The second-order valence-corrected chi connectivity index (χ2v) is 8.25. The summed E-state index contributed by atoms with van der Waals surface area (Å²) in [5.74, 6) is 2.01. The second kappa shape index (κ2) is 11.2. The van der Waals surface area contributed by atoms with E-state index in [1.165, 1.54) is 12.1 Å². The summed E-state index contributed by atoms with van der Waals surface area (Å²) in [4.78, 5) is 24.5. The normalized spacial score (nSPS) is 15.2. The molecule has 0 bridgehead atoms.